The molecule has 0 aliphatic heterocycles. The highest BCUT2D eigenvalue weighted by Crippen LogP contribution is 2.03. The highest BCUT2D eigenvalue weighted by Gasteiger charge is 2.06. The Morgan fingerprint density at radius 2 is 2.07 bits per heavy atom. The summed E-state index contributed by atoms with van der Waals surface area (Å²) in [6.45, 7) is 2.87. The monoisotopic (exact) mass is 269 g/mol. The molecule has 0 aliphatic rings. The Morgan fingerprint density at radius 1 is 1.40 bits per heavy atom. The quantitative estimate of drug-likeness (QED) is 0.819. The molecule has 3 heteroatoms. The lowest BCUT2D eigenvalue weighted by molar-refractivity contribution is 0.0948. The maximum absolute atomic E-state index is 11.6. The molecule has 1 aromatic rings. The van der Waals surface area contributed by atoms with Gasteiger partial charge in [0.15, 0.2) is 0 Å². The average Bonchev–Trinajstić information content (AvgIpc) is 2.27. The van der Waals surface area contributed by atoms with E-state index in [2.05, 4.69) is 28.2 Å². The summed E-state index contributed by atoms with van der Waals surface area (Å²) in [5.41, 5.74) is 0.726. The maximum atomic E-state index is 11.6. The van der Waals surface area contributed by atoms with Crippen molar-refractivity contribution in [2.45, 2.75) is 13.3 Å². The Labute approximate surface area is 99.2 Å². The number of benzene rings is 1. The number of hydrogen-bond acceptors (Lipinski definition) is 1. The van der Waals surface area contributed by atoms with Crippen molar-refractivity contribution in [1.82, 2.24) is 5.32 Å². The molecule has 0 aliphatic carbocycles. The lowest BCUT2D eigenvalue weighted by Gasteiger charge is -2.10. The van der Waals surface area contributed by atoms with Crippen molar-refractivity contribution in [1.29, 1.82) is 0 Å². The third-order valence-electron chi connectivity index (χ3n) is 2.25. The smallest absolute Gasteiger partial charge is 0.251 e. The largest absolute Gasteiger partial charge is 0.352 e. The minimum absolute atomic E-state index is 0.0111. The summed E-state index contributed by atoms with van der Waals surface area (Å²) >= 11 is 3.39. The van der Waals surface area contributed by atoms with Crippen LogP contribution in [0, 0.1) is 5.92 Å². The number of halogens is 1. The second kappa shape index (κ2) is 6.62. The Bertz CT molecular complexity index is 300. The molecule has 0 fully saturated rings. The van der Waals surface area contributed by atoms with Gasteiger partial charge in [-0.25, -0.2) is 0 Å². The molecule has 1 rings (SSSR count). The molecule has 2 nitrogen and oxygen atoms in total. The zero-order valence-electron chi connectivity index (χ0n) is 8.87. The van der Waals surface area contributed by atoms with Gasteiger partial charge in [0.2, 0.25) is 0 Å². The van der Waals surface area contributed by atoms with Gasteiger partial charge >= 0.3 is 0 Å². The molecule has 1 unspecified atom stereocenters. The van der Waals surface area contributed by atoms with Crippen molar-refractivity contribution in [2.24, 2.45) is 5.92 Å². The van der Waals surface area contributed by atoms with E-state index in [0.717, 1.165) is 23.9 Å². The molecule has 1 amide bonds. The van der Waals surface area contributed by atoms with Crippen molar-refractivity contribution in [2.75, 3.05) is 11.9 Å². The molecule has 0 radical (unpaired) electrons. The van der Waals surface area contributed by atoms with Gasteiger partial charge < -0.3 is 5.32 Å². The van der Waals surface area contributed by atoms with Crippen LogP contribution in [-0.4, -0.2) is 17.8 Å². The normalized spacial score (nSPS) is 12.1. The van der Waals surface area contributed by atoms with Crippen LogP contribution in [0.2, 0.25) is 0 Å². The van der Waals surface area contributed by atoms with E-state index in [4.69, 9.17) is 0 Å². The third kappa shape index (κ3) is 4.47. The van der Waals surface area contributed by atoms with Gasteiger partial charge in [0, 0.05) is 17.4 Å². The van der Waals surface area contributed by atoms with E-state index >= 15 is 0 Å². The number of hydrogen-bond donors (Lipinski definition) is 1. The highest BCUT2D eigenvalue weighted by atomic mass is 79.9. The van der Waals surface area contributed by atoms with Crippen LogP contribution in [0.15, 0.2) is 30.3 Å². The average molecular weight is 270 g/mol. The van der Waals surface area contributed by atoms with Crippen molar-refractivity contribution in [3.63, 3.8) is 0 Å². The molecule has 0 bridgehead atoms. The highest BCUT2D eigenvalue weighted by molar-refractivity contribution is 9.09. The molecular weight excluding hydrogens is 254 g/mol. The van der Waals surface area contributed by atoms with E-state index in [1.165, 1.54) is 0 Å². The Balaban J connectivity index is 2.37. The SMILES string of the molecule is CC(CCBr)CNC(=O)c1ccccc1. The van der Waals surface area contributed by atoms with Crippen LogP contribution in [0.4, 0.5) is 0 Å². The first-order valence-corrected chi connectivity index (χ1v) is 6.25. The van der Waals surface area contributed by atoms with E-state index in [9.17, 15) is 4.79 Å². The number of carbonyl (C=O) groups excluding carboxylic acids is 1. The fourth-order valence-corrected chi connectivity index (χ4v) is 2.03. The standard InChI is InChI=1S/C12H16BrNO/c1-10(7-8-13)9-14-12(15)11-5-3-2-4-6-11/h2-6,10H,7-9H2,1H3,(H,14,15). The van der Waals surface area contributed by atoms with Gasteiger partial charge in [-0.05, 0) is 24.5 Å². The summed E-state index contributed by atoms with van der Waals surface area (Å²) in [6, 6.07) is 9.30. The molecule has 1 atom stereocenters. The molecule has 82 valence electrons. The van der Waals surface area contributed by atoms with Crippen LogP contribution < -0.4 is 5.32 Å². The molecule has 1 N–H and O–H groups in total. The predicted molar refractivity (Wildman–Crippen MR) is 66.4 cm³/mol. The second-order valence-corrected chi connectivity index (χ2v) is 4.45. The maximum Gasteiger partial charge on any atom is 0.251 e. The zero-order chi connectivity index (χ0) is 11.1. The molecule has 0 saturated heterocycles. The summed E-state index contributed by atoms with van der Waals surface area (Å²) in [5.74, 6) is 0.522. The van der Waals surface area contributed by atoms with E-state index < -0.39 is 0 Å². The number of rotatable bonds is 5. The van der Waals surface area contributed by atoms with Crippen LogP contribution in [0.5, 0.6) is 0 Å². The number of carbonyl (C=O) groups is 1. The van der Waals surface area contributed by atoms with Gasteiger partial charge in [0.1, 0.15) is 0 Å². The van der Waals surface area contributed by atoms with E-state index in [-0.39, 0.29) is 5.91 Å². The van der Waals surface area contributed by atoms with Crippen LogP contribution in [0.1, 0.15) is 23.7 Å². The summed E-state index contributed by atoms with van der Waals surface area (Å²) in [6.07, 6.45) is 1.08. The van der Waals surface area contributed by atoms with E-state index in [0.29, 0.717) is 5.92 Å². The van der Waals surface area contributed by atoms with Crippen LogP contribution in [-0.2, 0) is 0 Å². The van der Waals surface area contributed by atoms with Gasteiger partial charge in [0.25, 0.3) is 5.91 Å². The van der Waals surface area contributed by atoms with Gasteiger partial charge in [-0.1, -0.05) is 41.1 Å². The summed E-state index contributed by atoms with van der Waals surface area (Å²) in [7, 11) is 0. The molecular formula is C12H16BrNO. The molecule has 0 spiro atoms. The minimum Gasteiger partial charge on any atom is -0.352 e. The molecule has 0 aromatic heterocycles. The lowest BCUT2D eigenvalue weighted by Crippen LogP contribution is -2.28. The van der Waals surface area contributed by atoms with Crippen LogP contribution in [0.3, 0.4) is 0 Å². The lowest BCUT2D eigenvalue weighted by atomic mass is 10.1. The molecule has 15 heavy (non-hydrogen) atoms. The van der Waals surface area contributed by atoms with Crippen molar-refractivity contribution >= 4 is 21.8 Å². The summed E-state index contributed by atoms with van der Waals surface area (Å²) in [4.78, 5) is 11.6. The topological polar surface area (TPSA) is 29.1 Å². The van der Waals surface area contributed by atoms with Crippen molar-refractivity contribution in [3.05, 3.63) is 35.9 Å². The first-order chi connectivity index (χ1) is 7.24. The van der Waals surface area contributed by atoms with Gasteiger partial charge in [-0.15, -0.1) is 0 Å². The van der Waals surface area contributed by atoms with Crippen molar-refractivity contribution < 1.29 is 4.79 Å². The summed E-state index contributed by atoms with van der Waals surface area (Å²) in [5, 5.41) is 3.91. The molecule has 0 heterocycles. The Kier molecular flexibility index (Phi) is 5.40. The number of amides is 1. The fourth-order valence-electron chi connectivity index (χ4n) is 1.25. The van der Waals surface area contributed by atoms with Gasteiger partial charge in [0.05, 0.1) is 0 Å². The van der Waals surface area contributed by atoms with Crippen LogP contribution in [0.25, 0.3) is 0 Å². The first-order valence-electron chi connectivity index (χ1n) is 5.13. The molecule has 0 saturated carbocycles. The van der Waals surface area contributed by atoms with Gasteiger partial charge in [-0.3, -0.25) is 4.79 Å². The minimum atomic E-state index is 0.0111. The second-order valence-electron chi connectivity index (χ2n) is 3.66. The fraction of sp³-hybridized carbons (Fsp3) is 0.417. The van der Waals surface area contributed by atoms with E-state index in [1.807, 2.05) is 30.3 Å². The Morgan fingerprint density at radius 3 is 2.67 bits per heavy atom. The van der Waals surface area contributed by atoms with Crippen molar-refractivity contribution in [3.8, 4) is 0 Å². The zero-order valence-corrected chi connectivity index (χ0v) is 10.5. The first kappa shape index (κ1) is 12.2. The predicted octanol–water partition coefficient (Wildman–Crippen LogP) is 2.84. The number of nitrogens with one attached hydrogen (secondary N) is 1. The number of alkyl halides is 1. The Hall–Kier alpha value is -0.830. The third-order valence-corrected chi connectivity index (χ3v) is 2.71. The van der Waals surface area contributed by atoms with E-state index in [1.54, 1.807) is 0 Å². The summed E-state index contributed by atoms with van der Waals surface area (Å²) < 4.78 is 0. The van der Waals surface area contributed by atoms with Gasteiger partial charge in [-0.2, -0.15) is 0 Å². The van der Waals surface area contributed by atoms with Crippen LogP contribution >= 0.6 is 15.9 Å². The molecule has 1 aromatic carbocycles.